The van der Waals surface area contributed by atoms with Gasteiger partial charge >= 0.3 is 0 Å². The predicted molar refractivity (Wildman–Crippen MR) is 136 cm³/mol. The van der Waals surface area contributed by atoms with Crippen molar-refractivity contribution in [2.45, 2.75) is 32.6 Å². The van der Waals surface area contributed by atoms with Crippen LogP contribution >= 0.6 is 0 Å². The second-order valence-corrected chi connectivity index (χ2v) is 8.61. The Labute approximate surface area is 215 Å². The van der Waals surface area contributed by atoms with E-state index in [0.717, 1.165) is 43.8 Å². The Kier molecular flexibility index (Phi) is 10.0. The second-order valence-electron chi connectivity index (χ2n) is 8.61. The molecule has 173 valence electrons. The molecule has 0 saturated heterocycles. The van der Waals surface area contributed by atoms with Crippen LogP contribution in [0, 0.1) is 6.92 Å². The first-order chi connectivity index (χ1) is 16.2. The van der Waals surface area contributed by atoms with Gasteiger partial charge in [0.2, 0.25) is 0 Å². The molecule has 3 heteroatoms. The minimum absolute atomic E-state index is 0. The number of methoxy groups -OCH3 is 1. The molecule has 0 aliphatic rings. The van der Waals surface area contributed by atoms with Crippen molar-refractivity contribution in [3.05, 3.63) is 130 Å². The van der Waals surface area contributed by atoms with E-state index in [1.54, 1.807) is 7.11 Å². The van der Waals surface area contributed by atoms with Gasteiger partial charge in [-0.2, -0.15) is 0 Å². The third-order valence-electron chi connectivity index (χ3n) is 5.93. The Balaban J connectivity index is 0.00000324. The average Bonchev–Trinajstić information content (AvgIpc) is 2.85. The minimum Gasteiger partial charge on any atom is -0.457 e. The van der Waals surface area contributed by atoms with E-state index in [4.69, 9.17) is 9.47 Å². The standard InChI is InChI=1S/C31H32O2.V/c1-24-3-5-28(6-4-24)23-29-11-9-25(10-12-29)7-8-26-13-17-30(18-14-26)33-31-19-15-27(16-20-31)21-22-32-2;/h3-6,9-20H,7-8,21-23H2,1-2H3;. The summed E-state index contributed by atoms with van der Waals surface area (Å²) in [4.78, 5) is 0. The summed E-state index contributed by atoms with van der Waals surface area (Å²) in [5.74, 6) is 1.72. The SMILES string of the molecule is COCCc1ccc(Oc2ccc(CCc3ccc(Cc4ccc(C)cc4)cc3)cc2)cc1.[V]. The Morgan fingerprint density at radius 1 is 0.500 bits per heavy atom. The monoisotopic (exact) mass is 487 g/mol. The maximum Gasteiger partial charge on any atom is 0.127 e. The number of rotatable bonds is 10. The van der Waals surface area contributed by atoms with Crippen molar-refractivity contribution in [2.24, 2.45) is 0 Å². The molecule has 0 amide bonds. The fraction of sp³-hybridized carbons (Fsp3) is 0.226. The van der Waals surface area contributed by atoms with E-state index in [1.807, 2.05) is 12.1 Å². The molecule has 0 unspecified atom stereocenters. The molecule has 0 atom stereocenters. The first kappa shape index (κ1) is 25.8. The van der Waals surface area contributed by atoms with Crippen LogP contribution in [0.25, 0.3) is 0 Å². The first-order valence-corrected chi connectivity index (χ1v) is 11.7. The molecule has 1 radical (unpaired) electrons. The van der Waals surface area contributed by atoms with Crippen molar-refractivity contribution >= 4 is 0 Å². The van der Waals surface area contributed by atoms with Crippen LogP contribution in [0.4, 0.5) is 0 Å². The molecular weight excluding hydrogens is 455 g/mol. The molecule has 0 aromatic heterocycles. The van der Waals surface area contributed by atoms with Crippen LogP contribution in [0.3, 0.4) is 0 Å². The fourth-order valence-corrected chi connectivity index (χ4v) is 3.86. The van der Waals surface area contributed by atoms with Crippen LogP contribution in [0.5, 0.6) is 11.5 Å². The summed E-state index contributed by atoms with van der Waals surface area (Å²) in [6.07, 6.45) is 3.96. The first-order valence-electron chi connectivity index (χ1n) is 11.7. The van der Waals surface area contributed by atoms with Crippen LogP contribution in [-0.2, 0) is 49.0 Å². The van der Waals surface area contributed by atoms with Gasteiger partial charge < -0.3 is 9.47 Å². The van der Waals surface area contributed by atoms with Crippen LogP contribution in [0.1, 0.15) is 33.4 Å². The minimum atomic E-state index is 0. The third kappa shape index (κ3) is 7.92. The maximum atomic E-state index is 5.99. The van der Waals surface area contributed by atoms with Crippen LogP contribution in [0.2, 0.25) is 0 Å². The molecule has 0 N–H and O–H groups in total. The van der Waals surface area contributed by atoms with Crippen molar-refractivity contribution in [1.82, 2.24) is 0 Å². The summed E-state index contributed by atoms with van der Waals surface area (Å²) in [5.41, 5.74) is 7.97. The molecule has 0 fully saturated rings. The third-order valence-corrected chi connectivity index (χ3v) is 5.93. The normalized spacial score (nSPS) is 10.5. The molecule has 0 aliphatic heterocycles. The molecule has 0 saturated carbocycles. The van der Waals surface area contributed by atoms with Crippen molar-refractivity contribution in [2.75, 3.05) is 13.7 Å². The number of benzene rings is 4. The van der Waals surface area contributed by atoms with Gasteiger partial charge in [-0.25, -0.2) is 0 Å². The van der Waals surface area contributed by atoms with E-state index < -0.39 is 0 Å². The van der Waals surface area contributed by atoms with Crippen LogP contribution in [0.15, 0.2) is 97.1 Å². The largest absolute Gasteiger partial charge is 0.457 e. The number of ether oxygens (including phenoxy) is 2. The van der Waals surface area contributed by atoms with Crippen molar-refractivity contribution in [1.29, 1.82) is 0 Å². The zero-order valence-electron chi connectivity index (χ0n) is 20.0. The average molecular weight is 488 g/mol. The topological polar surface area (TPSA) is 18.5 Å². The molecule has 0 aliphatic carbocycles. The van der Waals surface area contributed by atoms with Crippen LogP contribution in [-0.4, -0.2) is 13.7 Å². The molecule has 2 nitrogen and oxygen atoms in total. The van der Waals surface area contributed by atoms with Gasteiger partial charge in [0.15, 0.2) is 0 Å². The fourth-order valence-electron chi connectivity index (χ4n) is 3.86. The Bertz CT molecular complexity index is 1120. The van der Waals surface area contributed by atoms with Crippen molar-refractivity contribution in [3.63, 3.8) is 0 Å². The molecule has 4 aromatic rings. The van der Waals surface area contributed by atoms with E-state index in [1.165, 1.54) is 33.4 Å². The Morgan fingerprint density at radius 2 is 0.882 bits per heavy atom. The zero-order chi connectivity index (χ0) is 22.9. The van der Waals surface area contributed by atoms with Gasteiger partial charge in [-0.15, -0.1) is 0 Å². The summed E-state index contributed by atoms with van der Waals surface area (Å²) in [5, 5.41) is 0. The number of hydrogen-bond acceptors (Lipinski definition) is 2. The van der Waals surface area contributed by atoms with Gasteiger partial charge in [-0.1, -0.05) is 78.4 Å². The molecule has 0 heterocycles. The van der Waals surface area contributed by atoms with E-state index >= 15 is 0 Å². The summed E-state index contributed by atoms with van der Waals surface area (Å²) in [7, 11) is 1.73. The summed E-state index contributed by atoms with van der Waals surface area (Å²) >= 11 is 0. The second kappa shape index (κ2) is 13.2. The van der Waals surface area contributed by atoms with Crippen molar-refractivity contribution < 1.29 is 28.0 Å². The maximum absolute atomic E-state index is 5.99. The number of hydrogen-bond donors (Lipinski definition) is 0. The Morgan fingerprint density at radius 3 is 1.35 bits per heavy atom. The molecule has 0 bridgehead atoms. The van der Waals surface area contributed by atoms with E-state index in [2.05, 4.69) is 91.9 Å². The molecule has 4 aromatic carbocycles. The van der Waals surface area contributed by atoms with Gasteiger partial charge in [0, 0.05) is 25.7 Å². The molecule has 34 heavy (non-hydrogen) atoms. The predicted octanol–water partition coefficient (Wildman–Crippen LogP) is 7.35. The van der Waals surface area contributed by atoms with Gasteiger partial charge in [0.25, 0.3) is 0 Å². The van der Waals surface area contributed by atoms with E-state index in [9.17, 15) is 0 Å². The Hall–Kier alpha value is -2.78. The molecular formula is C31H32O2V. The van der Waals surface area contributed by atoms with Gasteiger partial charge in [0.1, 0.15) is 11.5 Å². The van der Waals surface area contributed by atoms with Crippen molar-refractivity contribution in [3.8, 4) is 11.5 Å². The molecule has 0 spiro atoms. The van der Waals surface area contributed by atoms with E-state index in [-0.39, 0.29) is 18.6 Å². The summed E-state index contributed by atoms with van der Waals surface area (Å²) in [6, 6.07) is 34.5. The van der Waals surface area contributed by atoms with Gasteiger partial charge in [-0.05, 0) is 84.7 Å². The van der Waals surface area contributed by atoms with Crippen LogP contribution < -0.4 is 4.74 Å². The van der Waals surface area contributed by atoms with Gasteiger partial charge in [-0.3, -0.25) is 0 Å². The van der Waals surface area contributed by atoms with Gasteiger partial charge in [0.05, 0.1) is 6.61 Å². The quantitative estimate of drug-likeness (QED) is 0.233. The summed E-state index contributed by atoms with van der Waals surface area (Å²) < 4.78 is 11.1. The summed E-state index contributed by atoms with van der Waals surface area (Å²) in [6.45, 7) is 2.86. The van der Waals surface area contributed by atoms with E-state index in [0.29, 0.717) is 0 Å². The molecule has 4 rings (SSSR count). The zero-order valence-corrected chi connectivity index (χ0v) is 21.4. The number of aryl methyl sites for hydroxylation is 3. The smallest absolute Gasteiger partial charge is 0.127 e.